The number of amides is 2. The Hall–Kier alpha value is -2.37. The molecule has 1 aliphatic heterocycles. The number of halogens is 1. The summed E-state index contributed by atoms with van der Waals surface area (Å²) in [5.41, 5.74) is 1.36. The standard InChI is InChI=1S/C20H21ClN2O3/c21-17-8-4-7-16(13-17)18(14-19(24)23-9-11-26-12-10-23)22-20(25)15-5-2-1-3-6-15/h1-8,13,18H,9-12,14H2,(H,22,25). The Morgan fingerprint density at radius 1 is 1.08 bits per heavy atom. The monoisotopic (exact) mass is 372 g/mol. The van der Waals surface area contributed by atoms with Crippen molar-refractivity contribution in [2.24, 2.45) is 0 Å². The highest BCUT2D eigenvalue weighted by Gasteiger charge is 2.24. The van der Waals surface area contributed by atoms with Crippen molar-refractivity contribution in [3.63, 3.8) is 0 Å². The van der Waals surface area contributed by atoms with Gasteiger partial charge in [0, 0.05) is 23.7 Å². The number of benzene rings is 2. The molecule has 5 nitrogen and oxygen atoms in total. The van der Waals surface area contributed by atoms with E-state index < -0.39 is 6.04 Å². The average Bonchev–Trinajstić information content (AvgIpc) is 2.68. The van der Waals surface area contributed by atoms with E-state index in [-0.39, 0.29) is 18.2 Å². The molecule has 0 saturated carbocycles. The summed E-state index contributed by atoms with van der Waals surface area (Å²) in [7, 11) is 0. The van der Waals surface area contributed by atoms with Crippen LogP contribution in [0, 0.1) is 0 Å². The van der Waals surface area contributed by atoms with Crippen molar-refractivity contribution >= 4 is 23.4 Å². The van der Waals surface area contributed by atoms with Crippen molar-refractivity contribution in [1.82, 2.24) is 10.2 Å². The minimum atomic E-state index is -0.447. The highest BCUT2D eigenvalue weighted by Crippen LogP contribution is 2.22. The maximum absolute atomic E-state index is 12.7. The lowest BCUT2D eigenvalue weighted by Crippen LogP contribution is -2.42. The van der Waals surface area contributed by atoms with Crippen molar-refractivity contribution in [2.45, 2.75) is 12.5 Å². The first-order valence-corrected chi connectivity index (χ1v) is 8.98. The molecule has 1 fully saturated rings. The number of hydrogen-bond acceptors (Lipinski definition) is 3. The van der Waals surface area contributed by atoms with Crippen LogP contribution in [0.15, 0.2) is 54.6 Å². The molecule has 0 radical (unpaired) electrons. The fourth-order valence-electron chi connectivity index (χ4n) is 2.92. The molecule has 6 heteroatoms. The Labute approximate surface area is 157 Å². The number of morpholine rings is 1. The molecular formula is C20H21ClN2O3. The van der Waals surface area contributed by atoms with Crippen LogP contribution in [0.3, 0.4) is 0 Å². The summed E-state index contributed by atoms with van der Waals surface area (Å²) in [5.74, 6) is -0.225. The molecule has 1 saturated heterocycles. The maximum Gasteiger partial charge on any atom is 0.251 e. The molecule has 1 aliphatic rings. The third-order valence-corrected chi connectivity index (χ3v) is 4.57. The molecule has 26 heavy (non-hydrogen) atoms. The van der Waals surface area contributed by atoms with Crippen LogP contribution in [0.5, 0.6) is 0 Å². The summed E-state index contributed by atoms with van der Waals surface area (Å²) in [6.07, 6.45) is 0.179. The summed E-state index contributed by atoms with van der Waals surface area (Å²) < 4.78 is 5.30. The number of rotatable bonds is 5. The first kappa shape index (κ1) is 18.4. The Morgan fingerprint density at radius 3 is 2.50 bits per heavy atom. The zero-order chi connectivity index (χ0) is 18.4. The van der Waals surface area contributed by atoms with Gasteiger partial charge in [0.15, 0.2) is 0 Å². The predicted molar refractivity (Wildman–Crippen MR) is 100 cm³/mol. The predicted octanol–water partition coefficient (Wildman–Crippen LogP) is 3.06. The Bertz CT molecular complexity index is 761. The minimum absolute atomic E-state index is 0.00774. The SMILES string of the molecule is O=C(NC(CC(=O)N1CCOCC1)c1cccc(Cl)c1)c1ccccc1. The second-order valence-corrected chi connectivity index (χ2v) is 6.58. The molecule has 2 amide bonds. The van der Waals surface area contributed by atoms with Gasteiger partial charge >= 0.3 is 0 Å². The number of carbonyl (C=O) groups is 2. The fourth-order valence-corrected chi connectivity index (χ4v) is 3.12. The largest absolute Gasteiger partial charge is 0.378 e. The van der Waals surface area contributed by atoms with E-state index >= 15 is 0 Å². The van der Waals surface area contributed by atoms with Gasteiger partial charge in [-0.15, -0.1) is 0 Å². The van der Waals surface area contributed by atoms with Gasteiger partial charge in [0.2, 0.25) is 5.91 Å². The van der Waals surface area contributed by atoms with Crippen LogP contribution in [0.4, 0.5) is 0 Å². The van der Waals surface area contributed by atoms with E-state index in [1.54, 1.807) is 29.2 Å². The first-order chi connectivity index (χ1) is 12.6. The zero-order valence-corrected chi connectivity index (χ0v) is 15.1. The van der Waals surface area contributed by atoms with Gasteiger partial charge in [-0.05, 0) is 29.8 Å². The van der Waals surface area contributed by atoms with Crippen LogP contribution in [0.1, 0.15) is 28.4 Å². The second kappa shape index (κ2) is 8.83. The fraction of sp³-hybridized carbons (Fsp3) is 0.300. The molecule has 0 bridgehead atoms. The van der Waals surface area contributed by atoms with Crippen molar-refractivity contribution in [2.75, 3.05) is 26.3 Å². The molecule has 0 spiro atoms. The summed E-state index contributed by atoms with van der Waals surface area (Å²) in [6, 6.07) is 15.7. The van der Waals surface area contributed by atoms with Crippen LogP contribution >= 0.6 is 11.6 Å². The van der Waals surface area contributed by atoms with E-state index in [9.17, 15) is 9.59 Å². The number of carbonyl (C=O) groups excluding carboxylic acids is 2. The van der Waals surface area contributed by atoms with Crippen molar-refractivity contribution in [3.8, 4) is 0 Å². The Morgan fingerprint density at radius 2 is 1.81 bits per heavy atom. The molecule has 2 aromatic carbocycles. The zero-order valence-electron chi connectivity index (χ0n) is 14.4. The van der Waals surface area contributed by atoms with Gasteiger partial charge in [-0.25, -0.2) is 0 Å². The molecule has 1 heterocycles. The summed E-state index contributed by atoms with van der Waals surface area (Å²) in [4.78, 5) is 27.0. The van der Waals surface area contributed by atoms with Crippen LogP contribution in [-0.4, -0.2) is 43.0 Å². The molecule has 136 valence electrons. The highest BCUT2D eigenvalue weighted by atomic mass is 35.5. The number of ether oxygens (including phenoxy) is 1. The first-order valence-electron chi connectivity index (χ1n) is 8.60. The van der Waals surface area contributed by atoms with Crippen molar-refractivity contribution < 1.29 is 14.3 Å². The Balaban J connectivity index is 1.77. The van der Waals surface area contributed by atoms with Crippen LogP contribution in [-0.2, 0) is 9.53 Å². The van der Waals surface area contributed by atoms with Gasteiger partial charge in [-0.2, -0.15) is 0 Å². The lowest BCUT2D eigenvalue weighted by Gasteiger charge is -2.29. The van der Waals surface area contributed by atoms with E-state index in [2.05, 4.69) is 5.32 Å². The van der Waals surface area contributed by atoms with E-state index in [0.717, 1.165) is 5.56 Å². The second-order valence-electron chi connectivity index (χ2n) is 6.14. The van der Waals surface area contributed by atoms with Crippen molar-refractivity contribution in [3.05, 3.63) is 70.7 Å². The van der Waals surface area contributed by atoms with E-state index in [4.69, 9.17) is 16.3 Å². The third-order valence-electron chi connectivity index (χ3n) is 4.33. The topological polar surface area (TPSA) is 58.6 Å². The molecule has 3 rings (SSSR count). The van der Waals surface area contributed by atoms with Gasteiger partial charge in [-0.3, -0.25) is 9.59 Å². The van der Waals surface area contributed by atoms with Gasteiger partial charge in [0.1, 0.15) is 0 Å². The number of nitrogens with one attached hydrogen (secondary N) is 1. The summed E-state index contributed by atoms with van der Waals surface area (Å²) >= 11 is 6.10. The third kappa shape index (κ3) is 4.84. The Kier molecular flexibility index (Phi) is 6.26. The number of nitrogens with zero attached hydrogens (tertiary/aromatic N) is 1. The summed E-state index contributed by atoms with van der Waals surface area (Å²) in [6.45, 7) is 2.25. The van der Waals surface area contributed by atoms with Crippen LogP contribution in [0.25, 0.3) is 0 Å². The molecular weight excluding hydrogens is 352 g/mol. The average molecular weight is 373 g/mol. The van der Waals surface area contributed by atoms with Gasteiger partial charge in [0.25, 0.3) is 5.91 Å². The highest BCUT2D eigenvalue weighted by molar-refractivity contribution is 6.30. The number of hydrogen-bond donors (Lipinski definition) is 1. The normalized spacial score (nSPS) is 15.3. The lowest BCUT2D eigenvalue weighted by molar-refractivity contribution is -0.135. The molecule has 0 aliphatic carbocycles. The summed E-state index contributed by atoms with van der Waals surface area (Å²) in [5, 5.41) is 3.54. The van der Waals surface area contributed by atoms with Crippen LogP contribution < -0.4 is 5.32 Å². The van der Waals surface area contributed by atoms with E-state index in [1.165, 1.54) is 0 Å². The van der Waals surface area contributed by atoms with Gasteiger partial charge in [0.05, 0.1) is 25.7 Å². The molecule has 2 aromatic rings. The molecule has 0 aromatic heterocycles. The van der Waals surface area contributed by atoms with E-state index in [1.807, 2.05) is 30.3 Å². The quantitative estimate of drug-likeness (QED) is 0.877. The van der Waals surface area contributed by atoms with Crippen LogP contribution in [0.2, 0.25) is 5.02 Å². The smallest absolute Gasteiger partial charge is 0.251 e. The minimum Gasteiger partial charge on any atom is -0.378 e. The molecule has 1 unspecified atom stereocenters. The van der Waals surface area contributed by atoms with Crippen molar-refractivity contribution in [1.29, 1.82) is 0 Å². The van der Waals surface area contributed by atoms with Gasteiger partial charge in [-0.1, -0.05) is 41.9 Å². The lowest BCUT2D eigenvalue weighted by atomic mass is 10.0. The van der Waals surface area contributed by atoms with E-state index in [0.29, 0.717) is 36.9 Å². The molecule has 1 atom stereocenters. The van der Waals surface area contributed by atoms with Gasteiger partial charge < -0.3 is 15.0 Å². The maximum atomic E-state index is 12.7. The molecule has 1 N–H and O–H groups in total.